The van der Waals surface area contributed by atoms with Crippen LogP contribution in [0.5, 0.6) is 5.75 Å². The molecule has 134 valence electrons. The molecular weight excluding hydrogens is 316 g/mol. The van der Waals surface area contributed by atoms with E-state index in [0.717, 1.165) is 23.5 Å². The van der Waals surface area contributed by atoms with Crippen molar-refractivity contribution in [3.8, 4) is 5.75 Å². The summed E-state index contributed by atoms with van der Waals surface area (Å²) < 4.78 is 10.6. The van der Waals surface area contributed by atoms with Crippen LogP contribution in [0.2, 0.25) is 0 Å². The van der Waals surface area contributed by atoms with E-state index in [1.165, 1.54) is 0 Å². The van der Waals surface area contributed by atoms with E-state index in [0.29, 0.717) is 32.6 Å². The molecule has 0 bridgehead atoms. The summed E-state index contributed by atoms with van der Waals surface area (Å²) >= 11 is 0. The van der Waals surface area contributed by atoms with Crippen molar-refractivity contribution < 1.29 is 14.3 Å². The molecule has 0 fully saturated rings. The monoisotopic (exact) mass is 342 g/mol. The van der Waals surface area contributed by atoms with E-state index >= 15 is 0 Å². The molecule has 0 radical (unpaired) electrons. The summed E-state index contributed by atoms with van der Waals surface area (Å²) in [5, 5.41) is 6.19. The maximum atomic E-state index is 11.9. The van der Waals surface area contributed by atoms with Crippen LogP contribution in [0.1, 0.15) is 18.4 Å². The highest BCUT2D eigenvalue weighted by Crippen LogP contribution is 2.10. The average Bonchev–Trinajstić information content (AvgIpc) is 2.66. The van der Waals surface area contributed by atoms with Crippen LogP contribution in [0.25, 0.3) is 0 Å². The van der Waals surface area contributed by atoms with E-state index in [9.17, 15) is 4.79 Å². The Hall–Kier alpha value is -2.53. The van der Waals surface area contributed by atoms with Crippen molar-refractivity contribution in [2.75, 3.05) is 32.2 Å². The minimum atomic E-state index is 0.0407. The van der Waals surface area contributed by atoms with Gasteiger partial charge < -0.3 is 20.1 Å². The number of para-hydroxylation sites is 1. The van der Waals surface area contributed by atoms with Gasteiger partial charge in [0.1, 0.15) is 5.75 Å². The topological polar surface area (TPSA) is 59.6 Å². The Morgan fingerprint density at radius 3 is 2.48 bits per heavy atom. The molecule has 0 unspecified atom stereocenters. The number of methoxy groups -OCH3 is 1. The van der Waals surface area contributed by atoms with Crippen molar-refractivity contribution >= 4 is 11.6 Å². The van der Waals surface area contributed by atoms with Gasteiger partial charge in [-0.3, -0.25) is 4.79 Å². The zero-order valence-electron chi connectivity index (χ0n) is 14.7. The number of nitrogens with one attached hydrogen (secondary N) is 2. The van der Waals surface area contributed by atoms with E-state index in [1.54, 1.807) is 7.11 Å². The average molecular weight is 342 g/mol. The number of hydrogen-bond acceptors (Lipinski definition) is 4. The molecule has 2 aromatic carbocycles. The molecule has 0 spiro atoms. The first kappa shape index (κ1) is 18.8. The summed E-state index contributed by atoms with van der Waals surface area (Å²) in [6.07, 6.45) is 1.16. The lowest BCUT2D eigenvalue weighted by molar-refractivity contribution is -0.121. The zero-order valence-corrected chi connectivity index (χ0v) is 14.7. The number of amides is 1. The quantitative estimate of drug-likeness (QED) is 0.616. The molecule has 2 N–H and O–H groups in total. The van der Waals surface area contributed by atoms with Gasteiger partial charge in [-0.2, -0.15) is 0 Å². The standard InChI is InChI=1S/C20H26N2O3/c1-24-15-13-21-18-11-9-17(10-12-18)16-22-20(23)8-5-14-25-19-6-3-2-4-7-19/h2-4,6-7,9-12,21H,5,8,13-16H2,1H3,(H,22,23). The number of hydrogen-bond donors (Lipinski definition) is 2. The van der Waals surface area contributed by atoms with Gasteiger partial charge in [0.25, 0.3) is 0 Å². The van der Waals surface area contributed by atoms with Gasteiger partial charge in [-0.05, 0) is 36.2 Å². The van der Waals surface area contributed by atoms with Gasteiger partial charge in [-0.25, -0.2) is 0 Å². The molecule has 0 aliphatic carbocycles. The normalized spacial score (nSPS) is 10.3. The summed E-state index contributed by atoms with van der Waals surface area (Å²) in [5.41, 5.74) is 2.12. The van der Waals surface area contributed by atoms with E-state index < -0.39 is 0 Å². The summed E-state index contributed by atoms with van der Waals surface area (Å²) in [6, 6.07) is 17.7. The van der Waals surface area contributed by atoms with Crippen LogP contribution in [-0.4, -0.2) is 32.8 Å². The third-order valence-corrected chi connectivity index (χ3v) is 3.64. The minimum Gasteiger partial charge on any atom is -0.494 e. The van der Waals surface area contributed by atoms with Gasteiger partial charge >= 0.3 is 0 Å². The first-order valence-corrected chi connectivity index (χ1v) is 8.54. The van der Waals surface area contributed by atoms with Crippen molar-refractivity contribution in [3.05, 3.63) is 60.2 Å². The highest BCUT2D eigenvalue weighted by Gasteiger charge is 2.02. The van der Waals surface area contributed by atoms with E-state index in [2.05, 4.69) is 10.6 Å². The molecule has 0 aliphatic rings. The third-order valence-electron chi connectivity index (χ3n) is 3.64. The highest BCUT2D eigenvalue weighted by molar-refractivity contribution is 5.75. The molecule has 0 aliphatic heterocycles. The van der Waals surface area contributed by atoms with Crippen molar-refractivity contribution in [2.24, 2.45) is 0 Å². The molecule has 5 heteroatoms. The van der Waals surface area contributed by atoms with Crippen LogP contribution in [0.4, 0.5) is 5.69 Å². The van der Waals surface area contributed by atoms with E-state index in [4.69, 9.17) is 9.47 Å². The van der Waals surface area contributed by atoms with Crippen molar-refractivity contribution in [1.29, 1.82) is 0 Å². The predicted octanol–water partition coefficient (Wildman–Crippen LogP) is 3.22. The molecule has 2 aromatic rings. The first-order chi connectivity index (χ1) is 12.3. The molecule has 0 heterocycles. The molecule has 0 atom stereocenters. The van der Waals surface area contributed by atoms with Gasteiger partial charge in [0, 0.05) is 32.3 Å². The van der Waals surface area contributed by atoms with Crippen LogP contribution in [0.15, 0.2) is 54.6 Å². The zero-order chi connectivity index (χ0) is 17.7. The second-order valence-electron chi connectivity index (χ2n) is 5.66. The van der Waals surface area contributed by atoms with Gasteiger partial charge in [0.15, 0.2) is 0 Å². The van der Waals surface area contributed by atoms with Gasteiger partial charge in [-0.15, -0.1) is 0 Å². The van der Waals surface area contributed by atoms with Crippen LogP contribution >= 0.6 is 0 Å². The maximum Gasteiger partial charge on any atom is 0.220 e. The minimum absolute atomic E-state index is 0.0407. The molecule has 0 saturated heterocycles. The Balaban J connectivity index is 1.59. The van der Waals surface area contributed by atoms with Crippen LogP contribution < -0.4 is 15.4 Å². The highest BCUT2D eigenvalue weighted by atomic mass is 16.5. The number of carbonyl (C=O) groups excluding carboxylic acids is 1. The molecule has 2 rings (SSSR count). The van der Waals surface area contributed by atoms with Crippen molar-refractivity contribution in [1.82, 2.24) is 5.32 Å². The SMILES string of the molecule is COCCNc1ccc(CNC(=O)CCCOc2ccccc2)cc1. The number of anilines is 1. The Kier molecular flexibility index (Phi) is 8.35. The molecular formula is C20H26N2O3. The third kappa shape index (κ3) is 7.72. The molecule has 1 amide bonds. The number of carbonyl (C=O) groups is 1. The number of ether oxygens (including phenoxy) is 2. The fourth-order valence-corrected chi connectivity index (χ4v) is 2.27. The summed E-state index contributed by atoms with van der Waals surface area (Å²) in [6.45, 7) is 2.53. The molecule has 0 aromatic heterocycles. The number of benzene rings is 2. The summed E-state index contributed by atoms with van der Waals surface area (Å²) in [4.78, 5) is 11.9. The summed E-state index contributed by atoms with van der Waals surface area (Å²) in [5.74, 6) is 0.876. The fourth-order valence-electron chi connectivity index (χ4n) is 2.27. The van der Waals surface area contributed by atoms with Crippen LogP contribution in [-0.2, 0) is 16.1 Å². The van der Waals surface area contributed by atoms with Crippen molar-refractivity contribution in [3.63, 3.8) is 0 Å². The Labute approximate surface area is 149 Å². The van der Waals surface area contributed by atoms with Crippen LogP contribution in [0, 0.1) is 0 Å². The number of rotatable bonds is 11. The Bertz CT molecular complexity index is 615. The second-order valence-corrected chi connectivity index (χ2v) is 5.66. The molecule has 0 saturated carbocycles. The van der Waals surface area contributed by atoms with Gasteiger partial charge in [-0.1, -0.05) is 30.3 Å². The summed E-state index contributed by atoms with van der Waals surface area (Å²) in [7, 11) is 1.68. The Morgan fingerprint density at radius 2 is 1.76 bits per heavy atom. The van der Waals surface area contributed by atoms with Gasteiger partial charge in [0.2, 0.25) is 5.91 Å². The van der Waals surface area contributed by atoms with Crippen LogP contribution in [0.3, 0.4) is 0 Å². The smallest absolute Gasteiger partial charge is 0.220 e. The fraction of sp³-hybridized carbons (Fsp3) is 0.350. The Morgan fingerprint density at radius 1 is 1.00 bits per heavy atom. The second kappa shape index (κ2) is 11.1. The van der Waals surface area contributed by atoms with E-state index in [1.807, 2.05) is 54.6 Å². The first-order valence-electron chi connectivity index (χ1n) is 8.54. The lowest BCUT2D eigenvalue weighted by Crippen LogP contribution is -2.23. The van der Waals surface area contributed by atoms with Gasteiger partial charge in [0.05, 0.1) is 13.2 Å². The van der Waals surface area contributed by atoms with Crippen molar-refractivity contribution in [2.45, 2.75) is 19.4 Å². The lowest BCUT2D eigenvalue weighted by atomic mass is 10.2. The predicted molar refractivity (Wildman–Crippen MR) is 99.8 cm³/mol. The lowest BCUT2D eigenvalue weighted by Gasteiger charge is -2.09. The maximum absolute atomic E-state index is 11.9. The molecule has 25 heavy (non-hydrogen) atoms. The van der Waals surface area contributed by atoms with E-state index in [-0.39, 0.29) is 5.91 Å². The largest absolute Gasteiger partial charge is 0.494 e. The molecule has 5 nitrogen and oxygen atoms in total.